The molecular formula is C13H18BrN3O3. The zero-order valence-corrected chi connectivity index (χ0v) is 13.3. The summed E-state index contributed by atoms with van der Waals surface area (Å²) < 4.78 is 0.384. The number of hydrogen-bond donors (Lipinski definition) is 2. The van der Waals surface area contributed by atoms with Gasteiger partial charge in [0.2, 0.25) is 5.91 Å². The van der Waals surface area contributed by atoms with E-state index in [1.165, 1.54) is 6.07 Å². The lowest BCUT2D eigenvalue weighted by Crippen LogP contribution is -2.37. The van der Waals surface area contributed by atoms with Crippen molar-refractivity contribution in [2.45, 2.75) is 32.7 Å². The maximum absolute atomic E-state index is 11.7. The zero-order valence-electron chi connectivity index (χ0n) is 11.7. The molecule has 0 saturated carbocycles. The molecule has 6 nitrogen and oxygen atoms in total. The van der Waals surface area contributed by atoms with Crippen molar-refractivity contribution in [2.24, 2.45) is 0 Å². The molecule has 0 aliphatic carbocycles. The summed E-state index contributed by atoms with van der Waals surface area (Å²) in [6.07, 6.45) is 0.307. The first kappa shape index (κ1) is 16.6. The molecule has 0 aromatic heterocycles. The minimum atomic E-state index is -0.499. The lowest BCUT2D eigenvalue weighted by atomic mass is 10.1. The van der Waals surface area contributed by atoms with Gasteiger partial charge in [0.25, 0.3) is 5.69 Å². The highest BCUT2D eigenvalue weighted by atomic mass is 79.9. The van der Waals surface area contributed by atoms with Crippen LogP contribution in [-0.2, 0) is 4.79 Å². The average Bonchev–Trinajstić information content (AvgIpc) is 2.29. The molecule has 0 heterocycles. The average molecular weight is 344 g/mol. The van der Waals surface area contributed by atoms with Crippen LogP contribution >= 0.6 is 15.9 Å². The first-order valence-electron chi connectivity index (χ1n) is 6.18. The zero-order chi connectivity index (χ0) is 15.3. The predicted octanol–water partition coefficient (Wildman–Crippen LogP) is 3.07. The summed E-state index contributed by atoms with van der Waals surface area (Å²) in [4.78, 5) is 22.0. The third-order valence-electron chi connectivity index (χ3n) is 2.43. The second-order valence-corrected chi connectivity index (χ2v) is 6.25. The Kier molecular flexibility index (Phi) is 5.64. The first-order chi connectivity index (χ1) is 9.19. The lowest BCUT2D eigenvalue weighted by molar-refractivity contribution is -0.385. The van der Waals surface area contributed by atoms with Crippen LogP contribution in [0.4, 0.5) is 11.4 Å². The van der Waals surface area contributed by atoms with Gasteiger partial charge >= 0.3 is 0 Å². The van der Waals surface area contributed by atoms with Gasteiger partial charge in [0.1, 0.15) is 0 Å². The van der Waals surface area contributed by atoms with Gasteiger partial charge in [-0.2, -0.15) is 0 Å². The number of halogens is 1. The Morgan fingerprint density at radius 3 is 2.60 bits per heavy atom. The van der Waals surface area contributed by atoms with Gasteiger partial charge in [-0.1, -0.05) is 0 Å². The molecule has 0 atom stereocenters. The minimum absolute atomic E-state index is 0.0450. The standard InChI is InChI=1S/C13H18BrN3O3/c1-13(2,3)15-7-6-12(18)16-9-4-5-10(14)11(8-9)17(19)20/h4-5,8,15H,6-7H2,1-3H3,(H,16,18). The van der Waals surface area contributed by atoms with Gasteiger partial charge in [0.05, 0.1) is 9.40 Å². The molecule has 1 aromatic carbocycles. The van der Waals surface area contributed by atoms with E-state index in [9.17, 15) is 14.9 Å². The normalized spacial score (nSPS) is 11.2. The van der Waals surface area contributed by atoms with E-state index in [0.29, 0.717) is 23.1 Å². The van der Waals surface area contributed by atoms with E-state index in [4.69, 9.17) is 0 Å². The van der Waals surface area contributed by atoms with Crippen LogP contribution in [-0.4, -0.2) is 22.9 Å². The van der Waals surface area contributed by atoms with Crippen LogP contribution in [0.15, 0.2) is 22.7 Å². The van der Waals surface area contributed by atoms with Crippen molar-refractivity contribution in [1.82, 2.24) is 5.32 Å². The number of carbonyl (C=O) groups excluding carboxylic acids is 1. The van der Waals surface area contributed by atoms with E-state index < -0.39 is 4.92 Å². The number of nitro groups is 1. The number of amides is 1. The Bertz CT molecular complexity index is 512. The molecule has 0 unspecified atom stereocenters. The van der Waals surface area contributed by atoms with E-state index in [1.54, 1.807) is 12.1 Å². The fourth-order valence-electron chi connectivity index (χ4n) is 1.50. The maximum atomic E-state index is 11.7. The van der Waals surface area contributed by atoms with E-state index in [0.717, 1.165) is 0 Å². The number of nitro benzene ring substituents is 1. The SMILES string of the molecule is CC(C)(C)NCCC(=O)Nc1ccc(Br)c([N+](=O)[O-])c1. The van der Waals surface area contributed by atoms with Crippen molar-refractivity contribution in [1.29, 1.82) is 0 Å². The molecule has 0 aliphatic heterocycles. The molecule has 1 amide bonds. The highest BCUT2D eigenvalue weighted by Crippen LogP contribution is 2.27. The second kappa shape index (κ2) is 6.81. The molecule has 2 N–H and O–H groups in total. The topological polar surface area (TPSA) is 84.3 Å². The molecule has 0 saturated heterocycles. The number of benzene rings is 1. The van der Waals surface area contributed by atoms with Gasteiger partial charge in [-0.15, -0.1) is 0 Å². The molecule has 0 bridgehead atoms. The smallest absolute Gasteiger partial charge is 0.285 e. The van der Waals surface area contributed by atoms with Crippen LogP contribution < -0.4 is 10.6 Å². The van der Waals surface area contributed by atoms with Crippen LogP contribution in [0.1, 0.15) is 27.2 Å². The molecular weight excluding hydrogens is 326 g/mol. The summed E-state index contributed by atoms with van der Waals surface area (Å²) >= 11 is 3.10. The third kappa shape index (κ3) is 5.66. The molecule has 7 heteroatoms. The van der Waals surface area contributed by atoms with E-state index >= 15 is 0 Å². The fourth-order valence-corrected chi connectivity index (χ4v) is 1.90. The van der Waals surface area contributed by atoms with Crippen molar-refractivity contribution in [3.05, 3.63) is 32.8 Å². The van der Waals surface area contributed by atoms with E-state index in [1.807, 2.05) is 20.8 Å². The van der Waals surface area contributed by atoms with E-state index in [2.05, 4.69) is 26.6 Å². The van der Waals surface area contributed by atoms with Crippen LogP contribution in [0.3, 0.4) is 0 Å². The number of nitrogens with zero attached hydrogens (tertiary/aromatic N) is 1. The number of anilines is 1. The first-order valence-corrected chi connectivity index (χ1v) is 6.97. The second-order valence-electron chi connectivity index (χ2n) is 5.40. The Balaban J connectivity index is 2.58. The fraction of sp³-hybridized carbons (Fsp3) is 0.462. The molecule has 110 valence electrons. The molecule has 20 heavy (non-hydrogen) atoms. The van der Waals surface area contributed by atoms with Gasteiger partial charge in [-0.3, -0.25) is 14.9 Å². The number of carbonyl (C=O) groups is 1. The van der Waals surface area contributed by atoms with Gasteiger partial charge in [-0.25, -0.2) is 0 Å². The van der Waals surface area contributed by atoms with Crippen LogP contribution in [0, 0.1) is 10.1 Å². The number of rotatable bonds is 5. The predicted molar refractivity (Wildman–Crippen MR) is 81.8 cm³/mol. The molecule has 0 radical (unpaired) electrons. The maximum Gasteiger partial charge on any atom is 0.285 e. The van der Waals surface area contributed by atoms with Crippen LogP contribution in [0.25, 0.3) is 0 Å². The summed E-state index contributed by atoms with van der Waals surface area (Å²) in [5.41, 5.74) is 0.299. The van der Waals surface area contributed by atoms with Gasteiger partial charge in [-0.05, 0) is 48.8 Å². The summed E-state index contributed by atoms with van der Waals surface area (Å²) in [5.74, 6) is -0.182. The van der Waals surface area contributed by atoms with Crippen molar-refractivity contribution >= 4 is 33.2 Å². The summed E-state index contributed by atoms with van der Waals surface area (Å²) in [5, 5.41) is 16.6. The molecule has 1 aromatic rings. The molecule has 1 rings (SSSR count). The van der Waals surface area contributed by atoms with Gasteiger partial charge < -0.3 is 10.6 Å². The Labute approximate surface area is 126 Å². The number of hydrogen-bond acceptors (Lipinski definition) is 4. The van der Waals surface area contributed by atoms with Crippen LogP contribution in [0.2, 0.25) is 0 Å². The number of nitrogens with one attached hydrogen (secondary N) is 2. The largest absolute Gasteiger partial charge is 0.326 e. The van der Waals surface area contributed by atoms with Crippen molar-refractivity contribution in [2.75, 3.05) is 11.9 Å². The van der Waals surface area contributed by atoms with Crippen molar-refractivity contribution in [3.8, 4) is 0 Å². The summed E-state index contributed by atoms with van der Waals surface area (Å²) in [6.45, 7) is 6.60. The summed E-state index contributed by atoms with van der Waals surface area (Å²) in [6, 6.07) is 4.49. The lowest BCUT2D eigenvalue weighted by Gasteiger charge is -2.20. The van der Waals surface area contributed by atoms with Gasteiger partial charge in [0.15, 0.2) is 0 Å². The molecule has 0 spiro atoms. The van der Waals surface area contributed by atoms with Crippen molar-refractivity contribution < 1.29 is 9.72 Å². The Hall–Kier alpha value is -1.47. The molecule has 0 fully saturated rings. The highest BCUT2D eigenvalue weighted by Gasteiger charge is 2.14. The van der Waals surface area contributed by atoms with Crippen LogP contribution in [0.5, 0.6) is 0 Å². The monoisotopic (exact) mass is 343 g/mol. The quantitative estimate of drug-likeness (QED) is 0.635. The highest BCUT2D eigenvalue weighted by molar-refractivity contribution is 9.10. The van der Waals surface area contributed by atoms with Gasteiger partial charge in [0, 0.05) is 30.3 Å². The Morgan fingerprint density at radius 1 is 1.40 bits per heavy atom. The van der Waals surface area contributed by atoms with Crippen molar-refractivity contribution in [3.63, 3.8) is 0 Å². The Morgan fingerprint density at radius 2 is 2.05 bits per heavy atom. The van der Waals surface area contributed by atoms with E-state index in [-0.39, 0.29) is 17.1 Å². The molecule has 0 aliphatic rings. The third-order valence-corrected chi connectivity index (χ3v) is 3.10. The minimum Gasteiger partial charge on any atom is -0.326 e. The summed E-state index contributed by atoms with van der Waals surface area (Å²) in [7, 11) is 0.